The molecule has 0 fully saturated rings. The third kappa shape index (κ3) is 5.78. The Hall–Kier alpha value is -3.22. The number of amides is 1. The molecule has 0 saturated carbocycles. The Kier molecular flexibility index (Phi) is 7.84. The Morgan fingerprint density at radius 1 is 1.00 bits per heavy atom. The van der Waals surface area contributed by atoms with E-state index in [1.165, 1.54) is 0 Å². The van der Waals surface area contributed by atoms with E-state index in [4.69, 9.17) is 19.3 Å². The van der Waals surface area contributed by atoms with Crippen molar-refractivity contribution in [1.82, 2.24) is 5.32 Å². The lowest BCUT2D eigenvalue weighted by Crippen LogP contribution is -2.22. The Morgan fingerprint density at radius 2 is 1.76 bits per heavy atom. The first-order valence-corrected chi connectivity index (χ1v) is 11.3. The van der Waals surface area contributed by atoms with E-state index in [0.717, 1.165) is 36.0 Å². The van der Waals surface area contributed by atoms with Crippen molar-refractivity contribution in [1.29, 1.82) is 0 Å². The fourth-order valence-electron chi connectivity index (χ4n) is 4.16. The van der Waals surface area contributed by atoms with Crippen molar-refractivity contribution < 1.29 is 28.9 Å². The molecule has 3 rings (SSSR count). The van der Waals surface area contributed by atoms with Crippen molar-refractivity contribution in [2.45, 2.75) is 52.5 Å². The number of nitrogens with one attached hydrogen (secondary N) is 1. The molecule has 0 spiro atoms. The molecule has 7 nitrogen and oxygen atoms in total. The van der Waals surface area contributed by atoms with Gasteiger partial charge in [0, 0.05) is 24.1 Å². The number of hydrogen-bond acceptors (Lipinski definition) is 5. The highest BCUT2D eigenvalue weighted by atomic mass is 16.5. The van der Waals surface area contributed by atoms with Gasteiger partial charge >= 0.3 is 5.97 Å². The highest BCUT2D eigenvalue weighted by Crippen LogP contribution is 2.46. The molecule has 0 aliphatic carbocycles. The molecule has 0 bridgehead atoms. The van der Waals surface area contributed by atoms with Crippen LogP contribution in [-0.2, 0) is 11.3 Å². The highest BCUT2D eigenvalue weighted by Gasteiger charge is 2.27. The van der Waals surface area contributed by atoms with Gasteiger partial charge in [-0.3, -0.25) is 9.59 Å². The summed E-state index contributed by atoms with van der Waals surface area (Å²) < 4.78 is 17.6. The molecule has 0 atom stereocenters. The van der Waals surface area contributed by atoms with Crippen LogP contribution in [-0.4, -0.2) is 37.8 Å². The number of carbonyl (C=O) groups excluding carboxylic acids is 1. The lowest BCUT2D eigenvalue weighted by atomic mass is 9.87. The van der Waals surface area contributed by atoms with Gasteiger partial charge in [0.25, 0.3) is 5.91 Å². The number of carbonyl (C=O) groups is 2. The molecule has 2 N–H and O–H groups in total. The van der Waals surface area contributed by atoms with Crippen LogP contribution >= 0.6 is 0 Å². The van der Waals surface area contributed by atoms with Gasteiger partial charge in [-0.15, -0.1) is 0 Å². The maximum atomic E-state index is 12.2. The predicted octanol–water partition coefficient (Wildman–Crippen LogP) is 5.05. The van der Waals surface area contributed by atoms with Gasteiger partial charge in [0.1, 0.15) is 0 Å². The fraction of sp³-hybridized carbons (Fsp3) is 0.462. The molecule has 0 aromatic heterocycles. The number of benzene rings is 2. The van der Waals surface area contributed by atoms with E-state index in [9.17, 15) is 9.59 Å². The third-order valence-corrected chi connectivity index (χ3v) is 5.99. The molecular weight excluding hydrogens is 422 g/mol. The summed E-state index contributed by atoms with van der Waals surface area (Å²) in [5.41, 5.74) is 3.27. The van der Waals surface area contributed by atoms with Crippen LogP contribution < -0.4 is 19.5 Å². The maximum absolute atomic E-state index is 12.2. The fourth-order valence-corrected chi connectivity index (χ4v) is 4.16. The van der Waals surface area contributed by atoms with Crippen molar-refractivity contribution in [3.63, 3.8) is 0 Å². The zero-order valence-electron chi connectivity index (χ0n) is 19.8. The summed E-state index contributed by atoms with van der Waals surface area (Å²) in [6, 6.07) is 9.48. The predicted molar refractivity (Wildman–Crippen MR) is 126 cm³/mol. The molecule has 7 heteroatoms. The van der Waals surface area contributed by atoms with Gasteiger partial charge in [-0.1, -0.05) is 38.8 Å². The first kappa shape index (κ1) is 24.4. The van der Waals surface area contributed by atoms with Crippen LogP contribution in [0.25, 0.3) is 11.1 Å². The quantitative estimate of drug-likeness (QED) is 0.435. The second kappa shape index (κ2) is 10.6. The lowest BCUT2D eigenvalue weighted by molar-refractivity contribution is -0.137. The average Bonchev–Trinajstić information content (AvgIpc) is 3.17. The van der Waals surface area contributed by atoms with Crippen LogP contribution in [0.1, 0.15) is 61.9 Å². The zero-order chi connectivity index (χ0) is 24.0. The molecule has 2 aromatic rings. The van der Waals surface area contributed by atoms with Gasteiger partial charge in [0.2, 0.25) is 5.75 Å². The van der Waals surface area contributed by atoms with E-state index in [2.05, 4.69) is 19.2 Å². The molecule has 0 unspecified atom stereocenters. The van der Waals surface area contributed by atoms with Crippen molar-refractivity contribution in [3.8, 4) is 28.4 Å². The van der Waals surface area contributed by atoms with E-state index in [1.54, 1.807) is 14.2 Å². The Labute approximate surface area is 195 Å². The minimum Gasteiger partial charge on any atom is -0.493 e. The highest BCUT2D eigenvalue weighted by molar-refractivity contribution is 6.01. The van der Waals surface area contributed by atoms with Crippen LogP contribution in [0.2, 0.25) is 0 Å². The zero-order valence-corrected chi connectivity index (χ0v) is 19.8. The van der Waals surface area contributed by atoms with Crippen molar-refractivity contribution in [2.75, 3.05) is 20.8 Å². The number of hydrogen-bond donors (Lipinski definition) is 2. The molecule has 0 saturated heterocycles. The van der Waals surface area contributed by atoms with Crippen LogP contribution in [0.5, 0.6) is 17.2 Å². The monoisotopic (exact) mass is 455 g/mol. The molecule has 1 aliphatic heterocycles. The summed E-state index contributed by atoms with van der Waals surface area (Å²) in [5, 5.41) is 11.7. The number of methoxy groups -OCH3 is 2. The van der Waals surface area contributed by atoms with Gasteiger partial charge in [0.05, 0.1) is 20.8 Å². The first-order valence-electron chi connectivity index (χ1n) is 11.3. The van der Waals surface area contributed by atoms with E-state index in [1.807, 2.05) is 30.3 Å². The number of carboxylic acids is 1. The van der Waals surface area contributed by atoms with Gasteiger partial charge in [-0.25, -0.2) is 0 Å². The second-order valence-corrected chi connectivity index (χ2v) is 9.10. The molecule has 2 aromatic carbocycles. The number of rotatable bonds is 12. The largest absolute Gasteiger partial charge is 0.493 e. The number of fused-ring (bicyclic) bond motifs is 1. The summed E-state index contributed by atoms with van der Waals surface area (Å²) >= 11 is 0. The minimum atomic E-state index is -0.750. The molecule has 178 valence electrons. The van der Waals surface area contributed by atoms with E-state index in [0.29, 0.717) is 42.4 Å². The SMILES string of the molecule is COc1ccc(-c2cccc3c2CNC3=O)c(OCC(C)(C)CCCCCC(=O)O)c1OC. The molecule has 1 aliphatic rings. The summed E-state index contributed by atoms with van der Waals surface area (Å²) in [5.74, 6) is 0.855. The van der Waals surface area contributed by atoms with Crippen molar-refractivity contribution >= 4 is 11.9 Å². The number of carboxylic acid groups (broad SMARTS) is 1. The topological polar surface area (TPSA) is 94.1 Å². The summed E-state index contributed by atoms with van der Waals surface area (Å²) in [7, 11) is 3.17. The minimum absolute atomic E-state index is 0.0705. The van der Waals surface area contributed by atoms with E-state index in [-0.39, 0.29) is 17.7 Å². The van der Waals surface area contributed by atoms with Crippen molar-refractivity contribution in [3.05, 3.63) is 41.5 Å². The Balaban J connectivity index is 1.85. The summed E-state index contributed by atoms with van der Waals surface area (Å²) in [6.07, 6.45) is 3.62. The smallest absolute Gasteiger partial charge is 0.303 e. The maximum Gasteiger partial charge on any atom is 0.303 e. The van der Waals surface area contributed by atoms with Crippen LogP contribution in [0, 0.1) is 5.41 Å². The Bertz CT molecular complexity index is 1010. The van der Waals surface area contributed by atoms with Gasteiger partial charge < -0.3 is 24.6 Å². The normalized spacial score (nSPS) is 12.8. The van der Waals surface area contributed by atoms with E-state index < -0.39 is 5.97 Å². The van der Waals surface area contributed by atoms with E-state index >= 15 is 0 Å². The summed E-state index contributed by atoms with van der Waals surface area (Å²) in [4.78, 5) is 22.9. The van der Waals surface area contributed by atoms with Crippen molar-refractivity contribution in [2.24, 2.45) is 5.41 Å². The lowest BCUT2D eigenvalue weighted by Gasteiger charge is -2.27. The van der Waals surface area contributed by atoms with Crippen LogP contribution in [0.3, 0.4) is 0 Å². The standard InChI is InChI=1S/C26H33NO6/c1-26(2,14-7-5-6-11-22(28)29)16-33-23-18(12-13-21(31-3)24(23)32-4)17-9-8-10-19-20(17)15-27-25(19)30/h8-10,12-13H,5-7,11,14-16H2,1-4H3,(H,27,30)(H,28,29). The van der Waals surface area contributed by atoms with Gasteiger partial charge in [0.15, 0.2) is 11.5 Å². The molecular formula is C26H33NO6. The summed E-state index contributed by atoms with van der Waals surface area (Å²) in [6.45, 7) is 5.20. The first-order chi connectivity index (χ1) is 15.8. The number of unbranched alkanes of at least 4 members (excludes halogenated alkanes) is 2. The van der Waals surface area contributed by atoms with Gasteiger partial charge in [-0.2, -0.15) is 0 Å². The molecule has 0 radical (unpaired) electrons. The van der Waals surface area contributed by atoms with Gasteiger partial charge in [-0.05, 0) is 47.6 Å². The molecule has 1 amide bonds. The third-order valence-electron chi connectivity index (χ3n) is 5.99. The van der Waals surface area contributed by atoms with Crippen LogP contribution in [0.15, 0.2) is 30.3 Å². The molecule has 1 heterocycles. The number of aliphatic carboxylic acids is 1. The average molecular weight is 456 g/mol. The number of ether oxygens (including phenoxy) is 3. The second-order valence-electron chi connectivity index (χ2n) is 9.10. The van der Waals surface area contributed by atoms with Crippen LogP contribution in [0.4, 0.5) is 0 Å². The molecule has 33 heavy (non-hydrogen) atoms. The Morgan fingerprint density at radius 3 is 2.45 bits per heavy atom.